The molecule has 6 N–H and O–H groups in total. The van der Waals surface area contributed by atoms with Crippen LogP contribution in [0, 0.1) is 0 Å². The average molecular weight is 305 g/mol. The summed E-state index contributed by atoms with van der Waals surface area (Å²) in [5.41, 5.74) is 0.402. The molecule has 2 rings (SSSR count). The van der Waals surface area contributed by atoms with Gasteiger partial charge in [-0.2, -0.15) is 0 Å². The van der Waals surface area contributed by atoms with E-state index >= 15 is 0 Å². The zero-order valence-corrected chi connectivity index (χ0v) is 11.8. The van der Waals surface area contributed by atoms with Crippen molar-refractivity contribution in [3.05, 3.63) is 11.6 Å². The van der Waals surface area contributed by atoms with Crippen molar-refractivity contribution in [3.63, 3.8) is 0 Å². The Morgan fingerprint density at radius 3 is 2.67 bits per heavy atom. The van der Waals surface area contributed by atoms with Crippen molar-refractivity contribution in [2.45, 2.75) is 49.3 Å². The van der Waals surface area contributed by atoms with E-state index in [-0.39, 0.29) is 6.04 Å². The number of rotatable bonds is 5. The average Bonchev–Trinajstić information content (AvgIpc) is 2.97. The molecule has 0 amide bonds. The highest BCUT2D eigenvalue weighted by Gasteiger charge is 2.42. The number of aliphatic hydroxyl groups excluding tert-OH is 5. The summed E-state index contributed by atoms with van der Waals surface area (Å²) in [7, 11) is 1.37. The lowest BCUT2D eigenvalue weighted by atomic mass is 9.98. The predicted octanol–water partition coefficient (Wildman–Crippen LogP) is -2.92. The first-order valence-electron chi connectivity index (χ1n) is 6.94. The van der Waals surface area contributed by atoms with Gasteiger partial charge in [0.2, 0.25) is 0 Å². The second-order valence-corrected chi connectivity index (χ2v) is 5.37. The van der Waals surface area contributed by atoms with Crippen molar-refractivity contribution >= 4 is 0 Å². The van der Waals surface area contributed by atoms with E-state index in [4.69, 9.17) is 14.6 Å². The molecule has 0 aromatic heterocycles. The van der Waals surface area contributed by atoms with Gasteiger partial charge in [-0.15, -0.1) is 0 Å². The van der Waals surface area contributed by atoms with Crippen LogP contribution in [0.1, 0.15) is 6.42 Å². The molecule has 0 unspecified atom stereocenters. The van der Waals surface area contributed by atoms with Crippen LogP contribution < -0.4 is 5.32 Å². The van der Waals surface area contributed by atoms with Crippen LogP contribution in [0.25, 0.3) is 0 Å². The zero-order chi connectivity index (χ0) is 15.6. The molecule has 2 aliphatic rings. The van der Waals surface area contributed by atoms with E-state index in [0.717, 1.165) is 0 Å². The molecule has 2 saturated heterocycles. The third kappa shape index (κ3) is 3.43. The second kappa shape index (κ2) is 7.12. The first-order valence-corrected chi connectivity index (χ1v) is 6.94. The molecular formula is C13H23NO7. The molecule has 2 aliphatic heterocycles. The van der Waals surface area contributed by atoms with Crippen LogP contribution in [0.4, 0.5) is 0 Å². The van der Waals surface area contributed by atoms with Gasteiger partial charge in [0.1, 0.15) is 18.3 Å². The van der Waals surface area contributed by atoms with Crippen molar-refractivity contribution < 1.29 is 35.0 Å². The number of hydrogen-bond acceptors (Lipinski definition) is 8. The summed E-state index contributed by atoms with van der Waals surface area (Å²) in [4.78, 5) is 0. The number of β-amino-alcohol motifs (C(OH)–C–C–N with tert-alkyl or cyclic N) is 1. The van der Waals surface area contributed by atoms with Crippen molar-refractivity contribution in [2.75, 3.05) is 20.3 Å². The molecule has 0 radical (unpaired) electrons. The molecule has 2 fully saturated rings. The van der Waals surface area contributed by atoms with E-state index in [1.54, 1.807) is 6.08 Å². The fraction of sp³-hybridized carbons (Fsp3) is 0.846. The van der Waals surface area contributed by atoms with Crippen LogP contribution in [0.5, 0.6) is 0 Å². The van der Waals surface area contributed by atoms with Gasteiger partial charge in [-0.25, -0.2) is 0 Å². The van der Waals surface area contributed by atoms with Crippen LogP contribution >= 0.6 is 0 Å². The Morgan fingerprint density at radius 2 is 2.14 bits per heavy atom. The van der Waals surface area contributed by atoms with Gasteiger partial charge in [0.15, 0.2) is 6.29 Å². The van der Waals surface area contributed by atoms with Gasteiger partial charge >= 0.3 is 0 Å². The Balaban J connectivity index is 2.08. The maximum absolute atomic E-state index is 10.1. The summed E-state index contributed by atoms with van der Waals surface area (Å²) in [6.45, 7) is -0.203. The van der Waals surface area contributed by atoms with E-state index < -0.39 is 43.4 Å². The molecule has 122 valence electrons. The molecular weight excluding hydrogens is 282 g/mol. The van der Waals surface area contributed by atoms with E-state index in [0.29, 0.717) is 18.5 Å². The lowest BCUT2D eigenvalue weighted by Crippen LogP contribution is -2.34. The molecule has 0 spiro atoms. The lowest BCUT2D eigenvalue weighted by molar-refractivity contribution is -0.166. The lowest BCUT2D eigenvalue weighted by Gasteiger charge is -2.19. The Bertz CT molecular complexity index is 378. The molecule has 21 heavy (non-hydrogen) atoms. The minimum atomic E-state index is -1.17. The van der Waals surface area contributed by atoms with Gasteiger partial charge in [0.25, 0.3) is 0 Å². The summed E-state index contributed by atoms with van der Waals surface area (Å²) < 4.78 is 10.3. The molecule has 8 nitrogen and oxygen atoms in total. The summed E-state index contributed by atoms with van der Waals surface area (Å²) in [6.07, 6.45) is -3.70. The van der Waals surface area contributed by atoms with Crippen LogP contribution in [-0.4, -0.2) is 88.6 Å². The monoisotopic (exact) mass is 305 g/mol. The number of methoxy groups -OCH3 is 1. The normalized spacial score (nSPS) is 43.6. The quantitative estimate of drug-likeness (QED) is 0.298. The summed E-state index contributed by atoms with van der Waals surface area (Å²) >= 11 is 0. The molecule has 0 saturated carbocycles. The van der Waals surface area contributed by atoms with Crippen molar-refractivity contribution in [1.29, 1.82) is 0 Å². The Kier molecular flexibility index (Phi) is 5.69. The highest BCUT2D eigenvalue weighted by atomic mass is 16.7. The number of aliphatic hydroxyl groups is 5. The maximum atomic E-state index is 10.1. The van der Waals surface area contributed by atoms with Gasteiger partial charge in [0.05, 0.1) is 18.8 Å². The van der Waals surface area contributed by atoms with Crippen molar-refractivity contribution in [3.8, 4) is 0 Å². The van der Waals surface area contributed by atoms with Gasteiger partial charge in [-0.05, 0) is 12.0 Å². The van der Waals surface area contributed by atoms with Crippen molar-refractivity contribution in [1.82, 2.24) is 5.32 Å². The van der Waals surface area contributed by atoms with E-state index in [9.17, 15) is 20.4 Å². The smallest absolute Gasteiger partial charge is 0.187 e. The Morgan fingerprint density at radius 1 is 1.43 bits per heavy atom. The molecule has 0 aromatic rings. The Hall–Kier alpha value is -0.580. The first-order chi connectivity index (χ1) is 9.99. The fourth-order valence-electron chi connectivity index (χ4n) is 2.72. The highest BCUT2D eigenvalue weighted by molar-refractivity contribution is 5.22. The fourth-order valence-corrected chi connectivity index (χ4v) is 2.72. The molecule has 7 atom stereocenters. The summed E-state index contributed by atoms with van der Waals surface area (Å²) in [5.74, 6) is 0. The minimum Gasteiger partial charge on any atom is -0.394 e. The molecule has 0 bridgehead atoms. The third-order valence-corrected chi connectivity index (χ3v) is 3.98. The van der Waals surface area contributed by atoms with Gasteiger partial charge in [0, 0.05) is 19.7 Å². The van der Waals surface area contributed by atoms with Crippen molar-refractivity contribution in [2.24, 2.45) is 0 Å². The zero-order valence-electron chi connectivity index (χ0n) is 11.8. The summed E-state index contributed by atoms with van der Waals surface area (Å²) in [6, 6.07) is -0.340. The van der Waals surface area contributed by atoms with Crippen LogP contribution in [0.3, 0.4) is 0 Å². The Labute approximate surface area is 122 Å². The number of hydrogen-bond donors (Lipinski definition) is 6. The summed E-state index contributed by atoms with van der Waals surface area (Å²) in [5, 5.41) is 51.1. The van der Waals surface area contributed by atoms with Crippen LogP contribution in [0.15, 0.2) is 11.6 Å². The molecule has 0 aliphatic carbocycles. The maximum Gasteiger partial charge on any atom is 0.187 e. The SMILES string of the molecule is CO[C@@H]1O[C@@H]([C@H](O)CO)/C(=C/C[C@@H]2NC[C@H](O)[C@@H]2O)[C@H]1O. The third-order valence-electron chi connectivity index (χ3n) is 3.98. The first kappa shape index (κ1) is 16.8. The number of nitrogens with one attached hydrogen (secondary N) is 1. The molecule has 0 aromatic carbocycles. The van der Waals surface area contributed by atoms with E-state index in [1.807, 2.05) is 0 Å². The second-order valence-electron chi connectivity index (χ2n) is 5.37. The van der Waals surface area contributed by atoms with Gasteiger partial charge in [-0.1, -0.05) is 6.08 Å². The highest BCUT2D eigenvalue weighted by Crippen LogP contribution is 2.30. The minimum absolute atomic E-state index is 0.303. The van der Waals surface area contributed by atoms with Gasteiger partial charge < -0.3 is 40.3 Å². The topological polar surface area (TPSA) is 132 Å². The van der Waals surface area contributed by atoms with Crippen LogP contribution in [-0.2, 0) is 9.47 Å². The molecule has 8 heteroatoms. The number of ether oxygens (including phenoxy) is 2. The van der Waals surface area contributed by atoms with E-state index in [1.165, 1.54) is 7.11 Å². The molecule has 2 heterocycles. The predicted molar refractivity (Wildman–Crippen MR) is 71.3 cm³/mol. The van der Waals surface area contributed by atoms with E-state index in [2.05, 4.69) is 5.32 Å². The van der Waals surface area contributed by atoms with Crippen LogP contribution in [0.2, 0.25) is 0 Å². The van der Waals surface area contributed by atoms with Gasteiger partial charge in [-0.3, -0.25) is 0 Å². The standard InChI is InChI=1S/C13H23NO7/c1-20-13-10(18)6(12(21-13)9(17)5-15)2-3-7-11(19)8(16)4-14-7/h2,7-19H,3-5H2,1H3/b6-2+/t7-,8-,9+,10+,11+,12+,13+/m0/s1. The largest absolute Gasteiger partial charge is 0.394 e.